The molecule has 0 aliphatic carbocycles. The van der Waals surface area contributed by atoms with E-state index in [9.17, 15) is 9.50 Å². The van der Waals surface area contributed by atoms with Crippen LogP contribution in [0.5, 0.6) is 5.75 Å². The third kappa shape index (κ3) is 3.80. The molecule has 0 aromatic heterocycles. The molecule has 0 saturated carbocycles. The molecule has 0 aliphatic heterocycles. The molecule has 1 unspecified atom stereocenters. The van der Waals surface area contributed by atoms with E-state index in [-0.39, 0.29) is 5.82 Å². The fraction of sp³-hybridized carbons (Fsp3) is 0.250. The van der Waals surface area contributed by atoms with E-state index in [1.54, 1.807) is 25.3 Å². The van der Waals surface area contributed by atoms with Gasteiger partial charge in [-0.05, 0) is 35.7 Å². The molecule has 1 atom stereocenters. The molecule has 2 nitrogen and oxygen atoms in total. The predicted octanol–water partition coefficient (Wildman–Crippen LogP) is 2.98. The average molecular weight is 260 g/mol. The number of methoxy groups -OCH3 is 1. The van der Waals surface area contributed by atoms with E-state index >= 15 is 0 Å². The summed E-state index contributed by atoms with van der Waals surface area (Å²) in [4.78, 5) is 0. The molecule has 2 aromatic rings. The molecule has 2 rings (SSSR count). The molecule has 0 bridgehead atoms. The molecule has 0 radical (unpaired) electrons. The van der Waals surface area contributed by atoms with Gasteiger partial charge in [0.05, 0.1) is 13.2 Å². The lowest BCUT2D eigenvalue weighted by molar-refractivity contribution is 0.174. The van der Waals surface area contributed by atoms with E-state index in [2.05, 4.69) is 0 Å². The van der Waals surface area contributed by atoms with Crippen molar-refractivity contribution in [3.63, 3.8) is 0 Å². The third-order valence-electron chi connectivity index (χ3n) is 3.04. The molecular weight excluding hydrogens is 243 g/mol. The summed E-state index contributed by atoms with van der Waals surface area (Å²) in [6, 6.07) is 14.1. The molecule has 1 N–H and O–H groups in total. The molecule has 0 fully saturated rings. The van der Waals surface area contributed by atoms with Crippen LogP contribution in [0, 0.1) is 5.82 Å². The summed E-state index contributed by atoms with van der Waals surface area (Å²) in [5.41, 5.74) is 1.55. The van der Waals surface area contributed by atoms with Crippen LogP contribution in [0.3, 0.4) is 0 Å². The van der Waals surface area contributed by atoms with E-state index in [1.807, 2.05) is 24.3 Å². The van der Waals surface area contributed by atoms with Crippen molar-refractivity contribution in [3.05, 3.63) is 65.5 Å². The van der Waals surface area contributed by atoms with E-state index in [0.717, 1.165) is 11.3 Å². The number of rotatable bonds is 5. The number of hydrogen-bond donors (Lipinski definition) is 1. The molecule has 19 heavy (non-hydrogen) atoms. The summed E-state index contributed by atoms with van der Waals surface area (Å²) < 4.78 is 18.5. The summed E-state index contributed by atoms with van der Waals surface area (Å²) in [6.07, 6.45) is 0.224. The maximum Gasteiger partial charge on any atom is 0.126 e. The summed E-state index contributed by atoms with van der Waals surface area (Å²) in [7, 11) is 1.61. The van der Waals surface area contributed by atoms with Gasteiger partial charge < -0.3 is 9.84 Å². The molecule has 3 heteroatoms. The van der Waals surface area contributed by atoms with Crippen LogP contribution in [-0.2, 0) is 12.8 Å². The second-order valence-electron chi connectivity index (χ2n) is 4.50. The van der Waals surface area contributed by atoms with Gasteiger partial charge in [-0.25, -0.2) is 4.39 Å². The minimum atomic E-state index is -0.592. The standard InChI is InChI=1S/C16H17FO2/c1-19-15-8-6-12(7-9-15)10-14(18)11-13-4-2-3-5-16(13)17/h2-9,14,18H,10-11H2,1H3. The fourth-order valence-corrected chi connectivity index (χ4v) is 2.02. The average Bonchev–Trinajstić information content (AvgIpc) is 2.42. The largest absolute Gasteiger partial charge is 0.497 e. The van der Waals surface area contributed by atoms with Gasteiger partial charge in [0.25, 0.3) is 0 Å². The number of halogens is 1. The van der Waals surface area contributed by atoms with Gasteiger partial charge in [-0.3, -0.25) is 0 Å². The number of aliphatic hydroxyl groups is 1. The Kier molecular flexibility index (Phi) is 4.53. The second-order valence-corrected chi connectivity index (χ2v) is 4.50. The lowest BCUT2D eigenvalue weighted by Gasteiger charge is -2.11. The van der Waals surface area contributed by atoms with Crippen molar-refractivity contribution in [1.29, 1.82) is 0 Å². The van der Waals surface area contributed by atoms with Gasteiger partial charge in [-0.1, -0.05) is 30.3 Å². The van der Waals surface area contributed by atoms with E-state index in [0.29, 0.717) is 18.4 Å². The van der Waals surface area contributed by atoms with Crippen molar-refractivity contribution in [2.45, 2.75) is 18.9 Å². The number of ether oxygens (including phenoxy) is 1. The monoisotopic (exact) mass is 260 g/mol. The fourth-order valence-electron chi connectivity index (χ4n) is 2.02. The Morgan fingerprint density at radius 3 is 2.37 bits per heavy atom. The van der Waals surface area contributed by atoms with Gasteiger partial charge in [0.1, 0.15) is 11.6 Å². The summed E-state index contributed by atoms with van der Waals surface area (Å²) in [6.45, 7) is 0. The summed E-state index contributed by atoms with van der Waals surface area (Å²) in [5.74, 6) is 0.517. The molecule has 100 valence electrons. The van der Waals surface area contributed by atoms with Gasteiger partial charge in [0.15, 0.2) is 0 Å². The van der Waals surface area contributed by atoms with Crippen molar-refractivity contribution in [3.8, 4) is 5.75 Å². The first-order valence-electron chi connectivity index (χ1n) is 6.23. The highest BCUT2D eigenvalue weighted by atomic mass is 19.1. The minimum Gasteiger partial charge on any atom is -0.497 e. The quantitative estimate of drug-likeness (QED) is 0.895. The number of aliphatic hydroxyl groups excluding tert-OH is 1. The Hall–Kier alpha value is -1.87. The Labute approximate surface area is 112 Å². The van der Waals surface area contributed by atoms with Gasteiger partial charge in [0.2, 0.25) is 0 Å². The summed E-state index contributed by atoms with van der Waals surface area (Å²) in [5, 5.41) is 10.0. The molecule has 0 aliphatic rings. The minimum absolute atomic E-state index is 0.267. The lowest BCUT2D eigenvalue weighted by atomic mass is 10.0. The Morgan fingerprint density at radius 1 is 1.05 bits per heavy atom. The molecule has 2 aromatic carbocycles. The third-order valence-corrected chi connectivity index (χ3v) is 3.04. The maximum absolute atomic E-state index is 13.5. The van der Waals surface area contributed by atoms with Crippen LogP contribution < -0.4 is 4.74 Å². The lowest BCUT2D eigenvalue weighted by Crippen LogP contribution is -2.14. The van der Waals surface area contributed by atoms with Crippen LogP contribution in [0.25, 0.3) is 0 Å². The highest BCUT2D eigenvalue weighted by Crippen LogP contribution is 2.15. The number of hydrogen-bond acceptors (Lipinski definition) is 2. The van der Waals surface area contributed by atoms with Crippen LogP contribution >= 0.6 is 0 Å². The first-order valence-corrected chi connectivity index (χ1v) is 6.23. The van der Waals surface area contributed by atoms with Crippen molar-refractivity contribution in [2.24, 2.45) is 0 Å². The van der Waals surface area contributed by atoms with Crippen LogP contribution in [0.4, 0.5) is 4.39 Å². The Balaban J connectivity index is 1.97. The zero-order valence-corrected chi connectivity index (χ0v) is 10.8. The van der Waals surface area contributed by atoms with Crippen molar-refractivity contribution in [2.75, 3.05) is 7.11 Å². The number of benzene rings is 2. The van der Waals surface area contributed by atoms with Gasteiger partial charge >= 0.3 is 0 Å². The zero-order valence-electron chi connectivity index (χ0n) is 10.8. The van der Waals surface area contributed by atoms with Crippen LogP contribution in [0.2, 0.25) is 0 Å². The van der Waals surface area contributed by atoms with Gasteiger partial charge in [0, 0.05) is 6.42 Å². The van der Waals surface area contributed by atoms with Crippen LogP contribution in [-0.4, -0.2) is 18.3 Å². The second kappa shape index (κ2) is 6.34. The van der Waals surface area contributed by atoms with E-state index in [1.165, 1.54) is 6.07 Å². The first-order chi connectivity index (χ1) is 9.19. The maximum atomic E-state index is 13.5. The zero-order chi connectivity index (χ0) is 13.7. The van der Waals surface area contributed by atoms with Gasteiger partial charge in [-0.2, -0.15) is 0 Å². The highest BCUT2D eigenvalue weighted by Gasteiger charge is 2.10. The smallest absolute Gasteiger partial charge is 0.126 e. The SMILES string of the molecule is COc1ccc(CC(O)Cc2ccccc2F)cc1. The normalized spacial score (nSPS) is 12.2. The topological polar surface area (TPSA) is 29.5 Å². The van der Waals surface area contributed by atoms with Crippen molar-refractivity contribution in [1.82, 2.24) is 0 Å². The molecular formula is C16H17FO2. The van der Waals surface area contributed by atoms with Crippen molar-refractivity contribution >= 4 is 0 Å². The Morgan fingerprint density at radius 2 is 1.74 bits per heavy atom. The van der Waals surface area contributed by atoms with Crippen LogP contribution in [0.1, 0.15) is 11.1 Å². The van der Waals surface area contributed by atoms with Crippen LogP contribution in [0.15, 0.2) is 48.5 Å². The summed E-state index contributed by atoms with van der Waals surface area (Å²) >= 11 is 0. The molecule has 0 spiro atoms. The van der Waals surface area contributed by atoms with Gasteiger partial charge in [-0.15, -0.1) is 0 Å². The van der Waals surface area contributed by atoms with Crippen molar-refractivity contribution < 1.29 is 14.2 Å². The first kappa shape index (κ1) is 13.6. The van der Waals surface area contributed by atoms with E-state index in [4.69, 9.17) is 4.74 Å². The predicted molar refractivity (Wildman–Crippen MR) is 72.8 cm³/mol. The van der Waals surface area contributed by atoms with E-state index < -0.39 is 6.10 Å². The molecule has 0 amide bonds. The highest BCUT2D eigenvalue weighted by molar-refractivity contribution is 5.28. The Bertz CT molecular complexity index is 523. The molecule has 0 heterocycles. The molecule has 0 saturated heterocycles.